The summed E-state index contributed by atoms with van der Waals surface area (Å²) in [7, 11) is 1.59. The lowest BCUT2D eigenvalue weighted by Crippen LogP contribution is -2.17. The molecule has 2 N–H and O–H groups in total. The quantitative estimate of drug-likeness (QED) is 0.439. The van der Waals surface area contributed by atoms with Crippen LogP contribution in [0.1, 0.15) is 11.1 Å². The summed E-state index contributed by atoms with van der Waals surface area (Å²) in [6.45, 7) is 9.60. The van der Waals surface area contributed by atoms with Gasteiger partial charge in [-0.15, -0.1) is 0 Å². The number of hydrogen-bond donors (Lipinski definition) is 2. The zero-order valence-corrected chi connectivity index (χ0v) is 15.7. The van der Waals surface area contributed by atoms with Crippen LogP contribution in [-0.2, 0) is 13.0 Å². The third-order valence-corrected chi connectivity index (χ3v) is 3.85. The molecule has 5 nitrogen and oxygen atoms in total. The van der Waals surface area contributed by atoms with Gasteiger partial charge in [-0.3, -0.25) is 0 Å². The molecular formula is C22H27NO4. The molecule has 2 aromatic carbocycles. The minimum atomic E-state index is 0.282. The van der Waals surface area contributed by atoms with Crippen molar-refractivity contribution in [3.8, 4) is 23.0 Å². The van der Waals surface area contributed by atoms with Crippen LogP contribution in [-0.4, -0.2) is 32.0 Å². The summed E-state index contributed by atoms with van der Waals surface area (Å²) < 4.78 is 16.9. The van der Waals surface area contributed by atoms with Crippen LogP contribution in [0.4, 0.5) is 0 Å². The largest absolute Gasteiger partial charge is 0.508 e. The topological polar surface area (TPSA) is 60.0 Å². The number of methoxy groups -OCH3 is 1. The van der Waals surface area contributed by atoms with Crippen molar-refractivity contribution in [2.24, 2.45) is 0 Å². The second-order valence-corrected chi connectivity index (χ2v) is 5.92. The molecule has 0 aliphatic heterocycles. The second kappa shape index (κ2) is 10.9. The number of aromatic hydroxyl groups is 1. The molecule has 0 aliphatic carbocycles. The molecule has 0 fully saturated rings. The Bertz CT molecular complexity index is 707. The maximum absolute atomic E-state index is 9.33. The van der Waals surface area contributed by atoms with Crippen molar-refractivity contribution in [1.29, 1.82) is 0 Å². The predicted molar refractivity (Wildman–Crippen MR) is 108 cm³/mol. The molecule has 0 bridgehead atoms. The zero-order valence-electron chi connectivity index (χ0n) is 15.7. The third kappa shape index (κ3) is 6.38. The van der Waals surface area contributed by atoms with Gasteiger partial charge in [0.2, 0.25) is 5.75 Å². The first-order chi connectivity index (χ1) is 13.2. The smallest absolute Gasteiger partial charge is 0.203 e. The highest BCUT2D eigenvalue weighted by molar-refractivity contribution is 5.54. The molecule has 0 saturated heterocycles. The fourth-order valence-corrected chi connectivity index (χ4v) is 2.57. The van der Waals surface area contributed by atoms with Crippen molar-refractivity contribution in [2.45, 2.75) is 13.0 Å². The molecule has 0 amide bonds. The Hall–Kier alpha value is -2.92. The van der Waals surface area contributed by atoms with Gasteiger partial charge in [-0.2, -0.15) is 0 Å². The van der Waals surface area contributed by atoms with Crippen LogP contribution in [0.2, 0.25) is 0 Å². The maximum atomic E-state index is 9.33. The molecule has 0 saturated carbocycles. The molecule has 0 heterocycles. The van der Waals surface area contributed by atoms with E-state index >= 15 is 0 Å². The van der Waals surface area contributed by atoms with Gasteiger partial charge >= 0.3 is 0 Å². The normalized spacial score (nSPS) is 10.3. The molecule has 0 radical (unpaired) electrons. The van der Waals surface area contributed by atoms with Crippen LogP contribution >= 0.6 is 0 Å². The average molecular weight is 369 g/mol. The first kappa shape index (κ1) is 20.4. The van der Waals surface area contributed by atoms with Gasteiger partial charge in [0.1, 0.15) is 19.0 Å². The summed E-state index contributed by atoms with van der Waals surface area (Å²) in [5.74, 6) is 2.08. The van der Waals surface area contributed by atoms with Crippen LogP contribution < -0.4 is 19.5 Å². The van der Waals surface area contributed by atoms with Crippen molar-refractivity contribution in [3.05, 3.63) is 72.8 Å². The van der Waals surface area contributed by atoms with Gasteiger partial charge in [0, 0.05) is 6.54 Å². The van der Waals surface area contributed by atoms with Crippen LogP contribution in [0, 0.1) is 0 Å². The Morgan fingerprint density at radius 3 is 2.07 bits per heavy atom. The molecule has 0 atom stereocenters. The van der Waals surface area contributed by atoms with E-state index in [4.69, 9.17) is 14.2 Å². The first-order valence-corrected chi connectivity index (χ1v) is 8.84. The van der Waals surface area contributed by atoms with Crippen LogP contribution in [0.5, 0.6) is 23.0 Å². The third-order valence-electron chi connectivity index (χ3n) is 3.85. The summed E-state index contributed by atoms with van der Waals surface area (Å²) in [5, 5.41) is 12.7. The Morgan fingerprint density at radius 2 is 1.56 bits per heavy atom. The zero-order chi connectivity index (χ0) is 19.5. The summed E-state index contributed by atoms with van der Waals surface area (Å²) in [6, 6.07) is 11.1. The predicted octanol–water partition coefficient (Wildman–Crippen LogP) is 3.86. The molecule has 0 aromatic heterocycles. The first-order valence-electron chi connectivity index (χ1n) is 8.84. The van der Waals surface area contributed by atoms with Gasteiger partial charge in [-0.25, -0.2) is 0 Å². The molecule has 0 spiro atoms. The van der Waals surface area contributed by atoms with Gasteiger partial charge in [0.25, 0.3) is 0 Å². The van der Waals surface area contributed by atoms with Crippen LogP contribution in [0.15, 0.2) is 61.7 Å². The number of ether oxygens (including phenoxy) is 3. The Labute approximate surface area is 160 Å². The van der Waals surface area contributed by atoms with Crippen molar-refractivity contribution >= 4 is 0 Å². The highest BCUT2D eigenvalue weighted by Crippen LogP contribution is 2.38. The number of hydrogen-bond acceptors (Lipinski definition) is 5. The molecule has 0 aliphatic rings. The van der Waals surface area contributed by atoms with E-state index in [-0.39, 0.29) is 5.75 Å². The highest BCUT2D eigenvalue weighted by Gasteiger charge is 2.14. The Morgan fingerprint density at radius 1 is 0.963 bits per heavy atom. The van der Waals surface area contributed by atoms with Gasteiger partial charge in [-0.05, 0) is 48.4 Å². The van der Waals surface area contributed by atoms with Crippen LogP contribution in [0.3, 0.4) is 0 Å². The average Bonchev–Trinajstić information content (AvgIpc) is 2.69. The van der Waals surface area contributed by atoms with Gasteiger partial charge < -0.3 is 24.6 Å². The Balaban J connectivity index is 2.03. The molecule has 5 heteroatoms. The Kier molecular flexibility index (Phi) is 8.26. The van der Waals surface area contributed by atoms with E-state index in [1.807, 2.05) is 24.3 Å². The number of rotatable bonds is 12. The van der Waals surface area contributed by atoms with E-state index in [0.717, 1.165) is 18.5 Å². The summed E-state index contributed by atoms with van der Waals surface area (Å²) in [4.78, 5) is 0. The van der Waals surface area contributed by atoms with Crippen molar-refractivity contribution < 1.29 is 19.3 Å². The molecule has 0 unspecified atom stereocenters. The summed E-state index contributed by atoms with van der Waals surface area (Å²) >= 11 is 0. The van der Waals surface area contributed by atoms with E-state index in [2.05, 4.69) is 18.5 Å². The van der Waals surface area contributed by atoms with Crippen molar-refractivity contribution in [3.63, 3.8) is 0 Å². The van der Waals surface area contributed by atoms with Crippen molar-refractivity contribution in [2.75, 3.05) is 26.9 Å². The van der Waals surface area contributed by atoms with Gasteiger partial charge in [0.05, 0.1) is 7.11 Å². The number of nitrogens with one attached hydrogen (secondary N) is 1. The standard InChI is InChI=1S/C22H27NO4/c1-4-12-26-20-14-18(15-21(22(20)25-3)27-13-5-2)16-23-11-10-17-6-8-19(24)9-7-17/h4-9,14-15,23-24H,1-2,10-13,16H2,3H3. The molecule has 2 rings (SSSR count). The fraction of sp³-hybridized carbons (Fsp3) is 0.273. The minimum Gasteiger partial charge on any atom is -0.508 e. The SMILES string of the molecule is C=CCOc1cc(CNCCc2ccc(O)cc2)cc(OCC=C)c1OC. The molecule has 144 valence electrons. The lowest BCUT2D eigenvalue weighted by atomic mass is 10.1. The van der Waals surface area contributed by atoms with E-state index in [1.54, 1.807) is 31.4 Å². The van der Waals surface area contributed by atoms with E-state index in [9.17, 15) is 5.11 Å². The number of phenolic OH excluding ortho intramolecular Hbond substituents is 1. The number of benzene rings is 2. The van der Waals surface area contributed by atoms with Gasteiger partial charge in [-0.1, -0.05) is 37.4 Å². The lowest BCUT2D eigenvalue weighted by molar-refractivity contribution is 0.295. The second-order valence-electron chi connectivity index (χ2n) is 5.92. The van der Waals surface area contributed by atoms with E-state index in [0.29, 0.717) is 37.0 Å². The van der Waals surface area contributed by atoms with Crippen LogP contribution in [0.25, 0.3) is 0 Å². The van der Waals surface area contributed by atoms with E-state index in [1.165, 1.54) is 5.56 Å². The van der Waals surface area contributed by atoms with E-state index < -0.39 is 0 Å². The van der Waals surface area contributed by atoms with Crippen molar-refractivity contribution in [1.82, 2.24) is 5.32 Å². The molecule has 27 heavy (non-hydrogen) atoms. The highest BCUT2D eigenvalue weighted by atomic mass is 16.5. The fourth-order valence-electron chi connectivity index (χ4n) is 2.57. The number of phenols is 1. The molecule has 2 aromatic rings. The monoisotopic (exact) mass is 369 g/mol. The van der Waals surface area contributed by atoms with Gasteiger partial charge in [0.15, 0.2) is 11.5 Å². The molecular weight excluding hydrogens is 342 g/mol. The summed E-state index contributed by atoms with van der Waals surface area (Å²) in [5.41, 5.74) is 2.19. The minimum absolute atomic E-state index is 0.282. The lowest BCUT2D eigenvalue weighted by Gasteiger charge is -2.16. The maximum Gasteiger partial charge on any atom is 0.203 e. The summed E-state index contributed by atoms with van der Waals surface area (Å²) in [6.07, 6.45) is 4.24.